The van der Waals surface area contributed by atoms with Gasteiger partial charge in [-0.15, -0.1) is 0 Å². The van der Waals surface area contributed by atoms with E-state index < -0.39 is 28.5 Å². The van der Waals surface area contributed by atoms with Gasteiger partial charge in [0.2, 0.25) is 0 Å². The number of nitrogens with zero attached hydrogens (tertiary/aromatic N) is 4. The number of nitro benzene ring substituents is 1. The molecule has 0 saturated heterocycles. The van der Waals surface area contributed by atoms with Crippen LogP contribution in [0.25, 0.3) is 6.08 Å². The third-order valence-electron chi connectivity index (χ3n) is 5.95. The van der Waals surface area contributed by atoms with Gasteiger partial charge in [0, 0.05) is 29.9 Å². The largest absolute Gasteiger partial charge is 0.462 e. The zero-order valence-corrected chi connectivity index (χ0v) is 25.1. The SMILES string of the molecule is CC(C)C(=O)OCCOC(=O)c1cc(N=Nc2ccc(N(C)CCOC(=O)/C=C/c3ccc(Cl)cc3)cc2)ccc1[N+](=O)[O-]. The van der Waals surface area contributed by atoms with Gasteiger partial charge in [-0.25, -0.2) is 9.59 Å². The number of nitro groups is 1. The maximum absolute atomic E-state index is 12.5. The third-order valence-corrected chi connectivity index (χ3v) is 6.21. The van der Waals surface area contributed by atoms with Crippen LogP contribution in [0.5, 0.6) is 0 Å². The van der Waals surface area contributed by atoms with Crippen molar-refractivity contribution in [2.24, 2.45) is 16.1 Å². The zero-order chi connectivity index (χ0) is 32.1. The Labute approximate surface area is 259 Å². The van der Waals surface area contributed by atoms with Crippen LogP contribution < -0.4 is 4.90 Å². The molecule has 0 saturated carbocycles. The van der Waals surface area contributed by atoms with Crippen molar-refractivity contribution in [2.75, 3.05) is 38.3 Å². The number of anilines is 1. The molecule has 0 aromatic heterocycles. The average molecular weight is 623 g/mol. The van der Waals surface area contributed by atoms with Crippen molar-refractivity contribution in [1.82, 2.24) is 0 Å². The maximum atomic E-state index is 12.5. The Bertz CT molecular complexity index is 1520. The summed E-state index contributed by atoms with van der Waals surface area (Å²) in [4.78, 5) is 48.6. The molecule has 0 spiro atoms. The van der Waals surface area contributed by atoms with Crippen molar-refractivity contribution < 1.29 is 33.5 Å². The van der Waals surface area contributed by atoms with E-state index in [-0.39, 0.29) is 37.0 Å². The molecule has 230 valence electrons. The summed E-state index contributed by atoms with van der Waals surface area (Å²) in [6.45, 7) is 3.52. The number of azo groups is 1. The normalized spacial score (nSPS) is 11.1. The Morgan fingerprint density at radius 2 is 1.55 bits per heavy atom. The Hall–Kier alpha value is -5.10. The first-order valence-corrected chi connectivity index (χ1v) is 13.9. The van der Waals surface area contributed by atoms with Crippen LogP contribution in [0.4, 0.5) is 22.7 Å². The summed E-state index contributed by atoms with van der Waals surface area (Å²) < 4.78 is 15.3. The molecule has 13 heteroatoms. The highest BCUT2D eigenvalue weighted by Gasteiger charge is 2.22. The lowest BCUT2D eigenvalue weighted by Crippen LogP contribution is -2.23. The Morgan fingerprint density at radius 1 is 0.909 bits per heavy atom. The number of ether oxygens (including phenoxy) is 3. The summed E-state index contributed by atoms with van der Waals surface area (Å²) in [5.41, 5.74) is 1.60. The second kappa shape index (κ2) is 16.5. The van der Waals surface area contributed by atoms with E-state index in [0.29, 0.717) is 17.3 Å². The second-order valence-electron chi connectivity index (χ2n) is 9.61. The van der Waals surface area contributed by atoms with E-state index in [9.17, 15) is 24.5 Å². The smallest absolute Gasteiger partial charge is 0.345 e. The molecule has 0 N–H and O–H groups in total. The van der Waals surface area contributed by atoms with Crippen LogP contribution >= 0.6 is 11.6 Å². The van der Waals surface area contributed by atoms with Gasteiger partial charge in [0.1, 0.15) is 25.4 Å². The number of halogens is 1. The summed E-state index contributed by atoms with van der Waals surface area (Å²) in [6, 6.07) is 17.8. The Morgan fingerprint density at radius 3 is 2.20 bits per heavy atom. The quantitative estimate of drug-likeness (QED) is 0.0363. The number of hydrogen-bond acceptors (Lipinski definition) is 11. The third kappa shape index (κ3) is 10.6. The zero-order valence-electron chi connectivity index (χ0n) is 24.3. The number of esters is 3. The van der Waals surface area contributed by atoms with Crippen LogP contribution in [0, 0.1) is 16.0 Å². The highest BCUT2D eigenvalue weighted by Crippen LogP contribution is 2.27. The lowest BCUT2D eigenvalue weighted by molar-refractivity contribution is -0.385. The van der Waals surface area contributed by atoms with Gasteiger partial charge in [0.15, 0.2) is 0 Å². The van der Waals surface area contributed by atoms with E-state index in [1.807, 2.05) is 11.9 Å². The van der Waals surface area contributed by atoms with Gasteiger partial charge >= 0.3 is 17.9 Å². The molecule has 3 aromatic rings. The molecule has 0 radical (unpaired) electrons. The molecule has 12 nitrogen and oxygen atoms in total. The average Bonchev–Trinajstić information content (AvgIpc) is 3.01. The summed E-state index contributed by atoms with van der Waals surface area (Å²) >= 11 is 5.86. The molecule has 0 aliphatic heterocycles. The lowest BCUT2D eigenvalue weighted by atomic mass is 10.1. The summed E-state index contributed by atoms with van der Waals surface area (Å²) in [7, 11) is 1.85. The number of carbonyl (C=O) groups excluding carboxylic acids is 3. The van der Waals surface area contributed by atoms with Crippen LogP contribution in [0.3, 0.4) is 0 Å². The standard InChI is InChI=1S/C31H31ClN4O8/c1-21(2)30(38)43-18-19-44-31(39)27-20-25(11-14-28(27)36(40)41)34-33-24-9-12-26(13-10-24)35(3)16-17-42-29(37)15-6-22-4-7-23(32)8-5-22/h4-15,20-21H,16-19H2,1-3H3/b15-6+,34-33?. The van der Waals surface area contributed by atoms with Crippen LogP contribution in [-0.2, 0) is 23.8 Å². The minimum absolute atomic E-state index is 0.172. The molecule has 0 aliphatic rings. The van der Waals surface area contributed by atoms with E-state index in [0.717, 1.165) is 17.3 Å². The number of hydrogen-bond donors (Lipinski definition) is 0. The Balaban J connectivity index is 1.53. The first kappa shape index (κ1) is 33.4. The van der Waals surface area contributed by atoms with Crippen molar-refractivity contribution in [3.05, 3.63) is 99.1 Å². The first-order chi connectivity index (χ1) is 21.0. The molecule has 0 unspecified atom stereocenters. The highest BCUT2D eigenvalue weighted by molar-refractivity contribution is 6.30. The van der Waals surface area contributed by atoms with E-state index >= 15 is 0 Å². The van der Waals surface area contributed by atoms with Gasteiger partial charge in [-0.1, -0.05) is 37.6 Å². The Kier molecular flexibility index (Phi) is 12.5. The fourth-order valence-corrected chi connectivity index (χ4v) is 3.64. The summed E-state index contributed by atoms with van der Waals surface area (Å²) in [5, 5.41) is 20.3. The van der Waals surface area contributed by atoms with Crippen LogP contribution in [0.1, 0.15) is 29.8 Å². The predicted octanol–water partition coefficient (Wildman–Crippen LogP) is 6.71. The van der Waals surface area contributed by atoms with Crippen molar-refractivity contribution >= 4 is 58.3 Å². The number of carbonyl (C=O) groups is 3. The molecular formula is C31H31ClN4O8. The van der Waals surface area contributed by atoms with Gasteiger partial charge in [-0.2, -0.15) is 10.2 Å². The highest BCUT2D eigenvalue weighted by atomic mass is 35.5. The lowest BCUT2D eigenvalue weighted by Gasteiger charge is -2.18. The topological polar surface area (TPSA) is 150 Å². The molecule has 3 aromatic carbocycles. The van der Waals surface area contributed by atoms with E-state index in [2.05, 4.69) is 10.2 Å². The van der Waals surface area contributed by atoms with Crippen molar-refractivity contribution in [1.29, 1.82) is 0 Å². The van der Waals surface area contributed by atoms with Gasteiger partial charge in [-0.05, 0) is 60.2 Å². The molecule has 0 heterocycles. The predicted molar refractivity (Wildman–Crippen MR) is 165 cm³/mol. The minimum Gasteiger partial charge on any atom is -0.462 e. The van der Waals surface area contributed by atoms with Crippen molar-refractivity contribution in [3.63, 3.8) is 0 Å². The monoisotopic (exact) mass is 622 g/mol. The van der Waals surface area contributed by atoms with Crippen molar-refractivity contribution in [3.8, 4) is 0 Å². The fourth-order valence-electron chi connectivity index (χ4n) is 3.52. The minimum atomic E-state index is -0.954. The molecule has 0 bridgehead atoms. The van der Waals surface area contributed by atoms with E-state index in [1.54, 1.807) is 68.5 Å². The van der Waals surface area contributed by atoms with Crippen molar-refractivity contribution in [2.45, 2.75) is 13.8 Å². The number of benzene rings is 3. The van der Waals surface area contributed by atoms with Gasteiger partial charge in [0.05, 0.1) is 28.8 Å². The second-order valence-corrected chi connectivity index (χ2v) is 10.0. The molecular weight excluding hydrogens is 592 g/mol. The van der Waals surface area contributed by atoms with Crippen LogP contribution in [-0.4, -0.2) is 56.2 Å². The van der Waals surface area contributed by atoms with E-state index in [4.69, 9.17) is 25.8 Å². The van der Waals surface area contributed by atoms with Crippen LogP contribution in [0.2, 0.25) is 5.02 Å². The van der Waals surface area contributed by atoms with Gasteiger partial charge < -0.3 is 19.1 Å². The van der Waals surface area contributed by atoms with Crippen LogP contribution in [0.15, 0.2) is 83.0 Å². The molecule has 3 rings (SSSR count). The number of likely N-dealkylation sites (N-methyl/N-ethyl adjacent to an activating group) is 1. The molecule has 0 atom stereocenters. The summed E-state index contributed by atoms with van der Waals surface area (Å²) in [6.07, 6.45) is 3.00. The van der Waals surface area contributed by atoms with E-state index in [1.165, 1.54) is 18.2 Å². The molecule has 0 aliphatic carbocycles. The van der Waals surface area contributed by atoms with Gasteiger partial charge in [0.25, 0.3) is 5.69 Å². The number of rotatable bonds is 14. The molecule has 0 fully saturated rings. The summed E-state index contributed by atoms with van der Waals surface area (Å²) in [5.74, 6) is -2.20. The fraction of sp³-hybridized carbons (Fsp3) is 0.258. The first-order valence-electron chi connectivity index (χ1n) is 13.5. The maximum Gasteiger partial charge on any atom is 0.345 e. The molecule has 0 amide bonds. The molecule has 44 heavy (non-hydrogen) atoms. The van der Waals surface area contributed by atoms with Gasteiger partial charge in [-0.3, -0.25) is 14.9 Å².